The molecule has 0 atom stereocenters. The van der Waals surface area contributed by atoms with Crippen LogP contribution in [0.1, 0.15) is 30.7 Å². The SMILES string of the molecule is CC(C)N(CCO)c1ncnc2sc3c(c12)CCC3. The average Bonchev–Trinajstić information content (AvgIpc) is 2.95. The fourth-order valence-electron chi connectivity index (χ4n) is 2.85. The smallest absolute Gasteiger partial charge is 0.141 e. The number of aromatic nitrogens is 2. The first-order valence-electron chi connectivity index (χ1n) is 6.85. The van der Waals surface area contributed by atoms with E-state index >= 15 is 0 Å². The third-order valence-electron chi connectivity index (χ3n) is 3.72. The molecule has 0 aliphatic heterocycles. The van der Waals surface area contributed by atoms with Crippen LogP contribution in [0, 0.1) is 0 Å². The molecule has 2 aromatic heterocycles. The summed E-state index contributed by atoms with van der Waals surface area (Å²) < 4.78 is 0. The molecule has 2 aromatic rings. The van der Waals surface area contributed by atoms with Gasteiger partial charge in [0, 0.05) is 17.5 Å². The van der Waals surface area contributed by atoms with Crippen LogP contribution in [0.2, 0.25) is 0 Å². The summed E-state index contributed by atoms with van der Waals surface area (Å²) in [6.45, 7) is 5.04. The van der Waals surface area contributed by atoms with Crippen LogP contribution in [-0.4, -0.2) is 34.3 Å². The standard InChI is InChI=1S/C14H19N3OS/c1-9(2)17(6-7-18)13-12-10-4-3-5-11(10)19-14(12)16-8-15-13/h8-9,18H,3-7H2,1-2H3. The van der Waals surface area contributed by atoms with Gasteiger partial charge in [-0.1, -0.05) is 0 Å². The molecular formula is C14H19N3OS. The van der Waals surface area contributed by atoms with E-state index in [0.29, 0.717) is 12.6 Å². The summed E-state index contributed by atoms with van der Waals surface area (Å²) in [5.74, 6) is 0.994. The van der Waals surface area contributed by atoms with Gasteiger partial charge < -0.3 is 10.0 Å². The van der Waals surface area contributed by atoms with Crippen LogP contribution in [0.3, 0.4) is 0 Å². The highest BCUT2D eigenvalue weighted by Gasteiger charge is 2.24. The minimum atomic E-state index is 0.149. The zero-order valence-corrected chi connectivity index (χ0v) is 12.2. The van der Waals surface area contributed by atoms with Gasteiger partial charge in [-0.15, -0.1) is 11.3 Å². The van der Waals surface area contributed by atoms with Crippen molar-refractivity contribution in [3.05, 3.63) is 16.8 Å². The second kappa shape index (κ2) is 5.06. The second-order valence-corrected chi connectivity index (χ2v) is 6.33. The van der Waals surface area contributed by atoms with Gasteiger partial charge in [0.05, 0.1) is 12.0 Å². The first-order chi connectivity index (χ1) is 9.22. The van der Waals surface area contributed by atoms with E-state index in [1.54, 1.807) is 6.33 Å². The Balaban J connectivity index is 2.17. The molecule has 0 aromatic carbocycles. The van der Waals surface area contributed by atoms with Crippen LogP contribution in [-0.2, 0) is 12.8 Å². The molecule has 5 heteroatoms. The molecule has 0 radical (unpaired) electrons. The fraction of sp³-hybridized carbons (Fsp3) is 0.571. The molecule has 0 saturated carbocycles. The fourth-order valence-corrected chi connectivity index (χ4v) is 4.07. The Morgan fingerprint density at radius 1 is 1.37 bits per heavy atom. The summed E-state index contributed by atoms with van der Waals surface area (Å²) in [5.41, 5.74) is 1.44. The Labute approximate surface area is 117 Å². The van der Waals surface area contributed by atoms with Gasteiger partial charge in [0.15, 0.2) is 0 Å². The minimum absolute atomic E-state index is 0.149. The number of anilines is 1. The van der Waals surface area contributed by atoms with Crippen molar-refractivity contribution in [2.24, 2.45) is 0 Å². The van der Waals surface area contributed by atoms with E-state index in [0.717, 1.165) is 17.1 Å². The zero-order valence-electron chi connectivity index (χ0n) is 11.4. The summed E-state index contributed by atoms with van der Waals surface area (Å²) in [6.07, 6.45) is 5.21. The molecule has 0 amide bonds. The maximum Gasteiger partial charge on any atom is 0.141 e. The van der Waals surface area contributed by atoms with Crippen LogP contribution in [0.25, 0.3) is 10.2 Å². The first-order valence-corrected chi connectivity index (χ1v) is 7.66. The Hall–Kier alpha value is -1.20. The van der Waals surface area contributed by atoms with E-state index < -0.39 is 0 Å². The largest absolute Gasteiger partial charge is 0.395 e. The molecule has 2 heterocycles. The minimum Gasteiger partial charge on any atom is -0.395 e. The molecule has 4 nitrogen and oxygen atoms in total. The van der Waals surface area contributed by atoms with Gasteiger partial charge in [-0.25, -0.2) is 9.97 Å². The topological polar surface area (TPSA) is 49.2 Å². The molecule has 3 rings (SSSR count). The lowest BCUT2D eigenvalue weighted by molar-refractivity contribution is 0.299. The van der Waals surface area contributed by atoms with Crippen molar-refractivity contribution < 1.29 is 5.11 Å². The van der Waals surface area contributed by atoms with Gasteiger partial charge in [-0.05, 0) is 38.7 Å². The molecule has 0 bridgehead atoms. The molecule has 102 valence electrons. The summed E-state index contributed by atoms with van der Waals surface area (Å²) >= 11 is 1.81. The van der Waals surface area contributed by atoms with Crippen molar-refractivity contribution in [2.75, 3.05) is 18.1 Å². The Morgan fingerprint density at radius 2 is 2.21 bits per heavy atom. The summed E-state index contributed by atoms with van der Waals surface area (Å²) in [5, 5.41) is 10.5. The third kappa shape index (κ3) is 2.11. The van der Waals surface area contributed by atoms with Gasteiger partial charge in [0.2, 0.25) is 0 Å². The molecule has 1 aliphatic rings. The number of thiophene rings is 1. The number of hydrogen-bond acceptors (Lipinski definition) is 5. The molecule has 1 N–H and O–H groups in total. The maximum atomic E-state index is 9.28. The third-order valence-corrected chi connectivity index (χ3v) is 4.92. The zero-order chi connectivity index (χ0) is 13.4. The highest BCUT2D eigenvalue weighted by Crippen LogP contribution is 2.40. The maximum absolute atomic E-state index is 9.28. The van der Waals surface area contributed by atoms with Crippen molar-refractivity contribution in [3.8, 4) is 0 Å². The lowest BCUT2D eigenvalue weighted by Gasteiger charge is -2.27. The van der Waals surface area contributed by atoms with E-state index in [4.69, 9.17) is 0 Å². The molecular weight excluding hydrogens is 258 g/mol. The molecule has 0 unspecified atom stereocenters. The Kier molecular flexibility index (Phi) is 3.41. The quantitative estimate of drug-likeness (QED) is 0.932. The highest BCUT2D eigenvalue weighted by atomic mass is 32.1. The predicted molar refractivity (Wildman–Crippen MR) is 79.0 cm³/mol. The highest BCUT2D eigenvalue weighted by molar-refractivity contribution is 7.19. The molecule has 1 aliphatic carbocycles. The van der Waals surface area contributed by atoms with Crippen LogP contribution < -0.4 is 4.90 Å². The van der Waals surface area contributed by atoms with E-state index in [1.807, 2.05) is 11.3 Å². The van der Waals surface area contributed by atoms with E-state index in [2.05, 4.69) is 28.7 Å². The number of aliphatic hydroxyl groups is 1. The second-order valence-electron chi connectivity index (χ2n) is 5.25. The van der Waals surface area contributed by atoms with Gasteiger partial charge in [-0.2, -0.15) is 0 Å². The van der Waals surface area contributed by atoms with Gasteiger partial charge in [0.25, 0.3) is 0 Å². The number of aryl methyl sites for hydroxylation is 2. The number of nitrogens with zero attached hydrogens (tertiary/aromatic N) is 3. The lowest BCUT2D eigenvalue weighted by atomic mass is 10.1. The van der Waals surface area contributed by atoms with Crippen molar-refractivity contribution in [1.29, 1.82) is 0 Å². The van der Waals surface area contributed by atoms with E-state index in [-0.39, 0.29) is 6.61 Å². The van der Waals surface area contributed by atoms with Crippen LogP contribution in [0.15, 0.2) is 6.33 Å². The number of aliphatic hydroxyl groups excluding tert-OH is 1. The van der Waals surface area contributed by atoms with Crippen LogP contribution in [0.5, 0.6) is 0 Å². The predicted octanol–water partition coefficient (Wildman–Crippen LogP) is 2.39. The Bertz CT molecular complexity index is 594. The van der Waals surface area contributed by atoms with Crippen molar-refractivity contribution in [1.82, 2.24) is 9.97 Å². The van der Waals surface area contributed by atoms with Crippen LogP contribution in [0.4, 0.5) is 5.82 Å². The van der Waals surface area contributed by atoms with E-state index in [9.17, 15) is 5.11 Å². The van der Waals surface area contributed by atoms with E-state index in [1.165, 1.54) is 28.7 Å². The first kappa shape index (κ1) is 12.8. The van der Waals surface area contributed by atoms with Crippen molar-refractivity contribution in [2.45, 2.75) is 39.2 Å². The lowest BCUT2D eigenvalue weighted by Crippen LogP contribution is -2.34. The Morgan fingerprint density at radius 3 is 2.95 bits per heavy atom. The molecule has 0 spiro atoms. The average molecular weight is 277 g/mol. The normalized spacial score (nSPS) is 14.3. The summed E-state index contributed by atoms with van der Waals surface area (Å²) in [7, 11) is 0. The van der Waals surface area contributed by atoms with Crippen molar-refractivity contribution >= 4 is 27.4 Å². The summed E-state index contributed by atoms with van der Waals surface area (Å²) in [6, 6.07) is 0.321. The number of hydrogen-bond donors (Lipinski definition) is 1. The van der Waals surface area contributed by atoms with Gasteiger partial charge >= 0.3 is 0 Å². The molecule has 0 fully saturated rings. The van der Waals surface area contributed by atoms with Crippen molar-refractivity contribution in [3.63, 3.8) is 0 Å². The number of fused-ring (bicyclic) bond motifs is 3. The van der Waals surface area contributed by atoms with Crippen LogP contribution >= 0.6 is 11.3 Å². The van der Waals surface area contributed by atoms with Gasteiger partial charge in [0.1, 0.15) is 17.0 Å². The summed E-state index contributed by atoms with van der Waals surface area (Å²) in [4.78, 5) is 13.7. The van der Waals surface area contributed by atoms with Gasteiger partial charge in [-0.3, -0.25) is 0 Å². The molecule has 19 heavy (non-hydrogen) atoms. The monoisotopic (exact) mass is 277 g/mol. The molecule has 0 saturated heterocycles. The number of rotatable bonds is 4.